The van der Waals surface area contributed by atoms with E-state index in [0.717, 1.165) is 18.4 Å². The van der Waals surface area contributed by atoms with Gasteiger partial charge in [0.15, 0.2) is 5.76 Å². The van der Waals surface area contributed by atoms with Crippen LogP contribution in [0.25, 0.3) is 11.0 Å². The minimum atomic E-state index is -0.288. The maximum Gasteiger partial charge on any atom is 0.221 e. The van der Waals surface area contributed by atoms with Crippen LogP contribution in [-0.4, -0.2) is 36.2 Å². The Hall–Kier alpha value is -2.14. The zero-order valence-electron chi connectivity index (χ0n) is 11.0. The number of nitrogens with two attached hydrogens (primary N) is 1. The monoisotopic (exact) mass is 272 g/mol. The van der Waals surface area contributed by atoms with Crippen LogP contribution in [0, 0.1) is 5.92 Å². The molecule has 3 rings (SSSR count). The van der Waals surface area contributed by atoms with Crippen molar-refractivity contribution in [2.45, 2.75) is 6.42 Å². The van der Waals surface area contributed by atoms with Gasteiger partial charge in [-0.1, -0.05) is 18.2 Å². The van der Waals surface area contributed by atoms with Crippen LogP contribution >= 0.6 is 0 Å². The lowest BCUT2D eigenvalue weighted by atomic mass is 10.1. The number of amides is 1. The molecule has 2 aromatic rings. The normalized spacial score (nSPS) is 19.5. The molecular formula is C15H16N2O3. The standard InChI is InChI=1S/C15H16N2O3/c16-15(19)11-5-6-17(8-11)9-12(18)14-7-10-3-1-2-4-13(10)20-14/h1-4,7,11H,5-6,8-9H2,(H2,16,19). The highest BCUT2D eigenvalue weighted by molar-refractivity contribution is 5.98. The number of ketones is 1. The Morgan fingerprint density at radius 3 is 2.85 bits per heavy atom. The van der Waals surface area contributed by atoms with Crippen molar-refractivity contribution in [2.75, 3.05) is 19.6 Å². The van der Waals surface area contributed by atoms with Crippen LogP contribution in [0.1, 0.15) is 17.0 Å². The second-order valence-corrected chi connectivity index (χ2v) is 5.19. The summed E-state index contributed by atoms with van der Waals surface area (Å²) in [6.45, 7) is 1.55. The third kappa shape index (κ3) is 2.44. The van der Waals surface area contributed by atoms with E-state index in [2.05, 4.69) is 0 Å². The molecule has 1 aliphatic heterocycles. The van der Waals surface area contributed by atoms with Crippen LogP contribution in [0.4, 0.5) is 0 Å². The topological polar surface area (TPSA) is 76.5 Å². The maximum absolute atomic E-state index is 12.2. The first-order valence-corrected chi connectivity index (χ1v) is 6.67. The van der Waals surface area contributed by atoms with Crippen LogP contribution < -0.4 is 5.73 Å². The Morgan fingerprint density at radius 1 is 1.35 bits per heavy atom. The maximum atomic E-state index is 12.2. The summed E-state index contributed by atoms with van der Waals surface area (Å²) in [6, 6.07) is 9.29. The molecule has 0 saturated carbocycles. The lowest BCUT2D eigenvalue weighted by Crippen LogP contribution is -2.30. The number of primary amides is 1. The molecule has 0 bridgehead atoms. The van der Waals surface area contributed by atoms with Gasteiger partial charge in [0.2, 0.25) is 11.7 Å². The summed E-state index contributed by atoms with van der Waals surface area (Å²) in [5.74, 6) is -0.123. The van der Waals surface area contributed by atoms with E-state index in [1.807, 2.05) is 29.2 Å². The van der Waals surface area contributed by atoms with Gasteiger partial charge in [0, 0.05) is 11.9 Å². The van der Waals surface area contributed by atoms with Crippen molar-refractivity contribution in [3.63, 3.8) is 0 Å². The first-order valence-electron chi connectivity index (χ1n) is 6.67. The number of Topliss-reactive ketones (excluding diaryl/α,β-unsaturated/α-hetero) is 1. The summed E-state index contributed by atoms with van der Waals surface area (Å²) in [4.78, 5) is 25.3. The van der Waals surface area contributed by atoms with Gasteiger partial charge in [0.25, 0.3) is 0 Å². The molecule has 1 unspecified atom stereocenters. The highest BCUT2D eigenvalue weighted by Gasteiger charge is 2.28. The van der Waals surface area contributed by atoms with E-state index in [1.54, 1.807) is 6.07 Å². The van der Waals surface area contributed by atoms with Crippen LogP contribution in [0.15, 0.2) is 34.7 Å². The molecule has 2 heterocycles. The van der Waals surface area contributed by atoms with E-state index in [1.165, 1.54) is 0 Å². The van der Waals surface area contributed by atoms with Gasteiger partial charge in [0.05, 0.1) is 12.5 Å². The average molecular weight is 272 g/mol. The van der Waals surface area contributed by atoms with E-state index >= 15 is 0 Å². The molecule has 1 aromatic carbocycles. The highest BCUT2D eigenvalue weighted by atomic mass is 16.3. The average Bonchev–Trinajstić information content (AvgIpc) is 3.04. The highest BCUT2D eigenvalue weighted by Crippen LogP contribution is 2.21. The fourth-order valence-electron chi connectivity index (χ4n) is 2.61. The summed E-state index contributed by atoms with van der Waals surface area (Å²) < 4.78 is 5.55. The first-order chi connectivity index (χ1) is 9.63. The van der Waals surface area contributed by atoms with E-state index in [-0.39, 0.29) is 24.2 Å². The molecule has 1 aliphatic rings. The minimum Gasteiger partial charge on any atom is -0.453 e. The molecule has 1 saturated heterocycles. The van der Waals surface area contributed by atoms with Crippen LogP contribution in [0.5, 0.6) is 0 Å². The van der Waals surface area contributed by atoms with Gasteiger partial charge >= 0.3 is 0 Å². The van der Waals surface area contributed by atoms with Gasteiger partial charge in [-0.2, -0.15) is 0 Å². The fourth-order valence-corrected chi connectivity index (χ4v) is 2.61. The molecule has 104 valence electrons. The molecule has 5 heteroatoms. The molecular weight excluding hydrogens is 256 g/mol. The van der Waals surface area contributed by atoms with Gasteiger partial charge < -0.3 is 10.2 Å². The largest absolute Gasteiger partial charge is 0.453 e. The van der Waals surface area contributed by atoms with Gasteiger partial charge in [-0.05, 0) is 25.1 Å². The summed E-state index contributed by atoms with van der Waals surface area (Å²) in [5.41, 5.74) is 6.00. The zero-order chi connectivity index (χ0) is 14.1. The van der Waals surface area contributed by atoms with Crippen LogP contribution in [0.3, 0.4) is 0 Å². The number of hydrogen-bond acceptors (Lipinski definition) is 4. The first kappa shape index (κ1) is 12.9. The fraction of sp³-hybridized carbons (Fsp3) is 0.333. The van der Waals surface area contributed by atoms with Crippen molar-refractivity contribution >= 4 is 22.7 Å². The van der Waals surface area contributed by atoms with Gasteiger partial charge in [-0.3, -0.25) is 14.5 Å². The second-order valence-electron chi connectivity index (χ2n) is 5.19. The summed E-state index contributed by atoms with van der Waals surface area (Å²) in [6.07, 6.45) is 0.725. The Labute approximate surface area is 116 Å². The van der Waals surface area contributed by atoms with E-state index in [9.17, 15) is 9.59 Å². The van der Waals surface area contributed by atoms with Crippen molar-refractivity contribution in [1.29, 1.82) is 0 Å². The quantitative estimate of drug-likeness (QED) is 0.854. The molecule has 1 fully saturated rings. The smallest absolute Gasteiger partial charge is 0.221 e. The number of carbonyl (C=O) groups excluding carboxylic acids is 2. The Bertz CT molecular complexity index is 629. The van der Waals surface area contributed by atoms with Gasteiger partial charge in [-0.15, -0.1) is 0 Å². The number of nitrogens with zero attached hydrogens (tertiary/aromatic N) is 1. The Morgan fingerprint density at radius 2 is 2.15 bits per heavy atom. The van der Waals surface area contributed by atoms with Crippen molar-refractivity contribution in [3.05, 3.63) is 36.1 Å². The summed E-state index contributed by atoms with van der Waals surface area (Å²) in [5, 5.41) is 0.923. The van der Waals surface area contributed by atoms with E-state index in [0.29, 0.717) is 17.9 Å². The third-order valence-electron chi connectivity index (χ3n) is 3.74. The lowest BCUT2D eigenvalue weighted by molar-refractivity contribution is -0.121. The number of rotatable bonds is 4. The predicted octanol–water partition coefficient (Wildman–Crippen LogP) is 1.42. The number of para-hydroxylation sites is 1. The minimum absolute atomic E-state index is 0.0636. The lowest BCUT2D eigenvalue weighted by Gasteiger charge is -2.12. The molecule has 1 aromatic heterocycles. The molecule has 0 aliphatic carbocycles. The number of benzene rings is 1. The number of furan rings is 1. The van der Waals surface area contributed by atoms with Crippen LogP contribution in [-0.2, 0) is 4.79 Å². The van der Waals surface area contributed by atoms with Crippen molar-refractivity contribution in [3.8, 4) is 0 Å². The van der Waals surface area contributed by atoms with Gasteiger partial charge in [-0.25, -0.2) is 0 Å². The number of hydrogen-bond donors (Lipinski definition) is 1. The molecule has 5 nitrogen and oxygen atoms in total. The Balaban J connectivity index is 1.69. The summed E-state index contributed by atoms with van der Waals surface area (Å²) in [7, 11) is 0. The van der Waals surface area contributed by atoms with Crippen LogP contribution in [0.2, 0.25) is 0 Å². The zero-order valence-corrected chi connectivity index (χ0v) is 11.0. The van der Waals surface area contributed by atoms with Crippen molar-refractivity contribution in [2.24, 2.45) is 11.7 Å². The summed E-state index contributed by atoms with van der Waals surface area (Å²) >= 11 is 0. The predicted molar refractivity (Wildman–Crippen MR) is 74.3 cm³/mol. The number of likely N-dealkylation sites (tertiary alicyclic amines) is 1. The molecule has 1 amide bonds. The van der Waals surface area contributed by atoms with Gasteiger partial charge in [0.1, 0.15) is 5.58 Å². The van der Waals surface area contributed by atoms with Crippen molar-refractivity contribution < 1.29 is 14.0 Å². The molecule has 0 radical (unpaired) electrons. The Kier molecular flexibility index (Phi) is 3.28. The molecule has 2 N–H and O–H groups in total. The molecule has 20 heavy (non-hydrogen) atoms. The SMILES string of the molecule is NC(=O)C1CCN(CC(=O)c2cc3ccccc3o2)C1. The van der Waals surface area contributed by atoms with E-state index < -0.39 is 0 Å². The number of fused-ring (bicyclic) bond motifs is 1. The third-order valence-corrected chi connectivity index (χ3v) is 3.74. The van der Waals surface area contributed by atoms with E-state index in [4.69, 9.17) is 10.2 Å². The molecule has 1 atom stereocenters. The second kappa shape index (κ2) is 5.09. The number of carbonyl (C=O) groups is 2. The molecule has 0 spiro atoms. The van der Waals surface area contributed by atoms with Crippen molar-refractivity contribution in [1.82, 2.24) is 4.90 Å².